The smallest absolute Gasteiger partial charge is 0.329 e. The van der Waals surface area contributed by atoms with Gasteiger partial charge in [-0.1, -0.05) is 24.3 Å². The summed E-state index contributed by atoms with van der Waals surface area (Å²) < 4.78 is 7.26. The van der Waals surface area contributed by atoms with Crippen LogP contribution in [0.3, 0.4) is 0 Å². The first kappa shape index (κ1) is 18.5. The zero-order chi connectivity index (χ0) is 19.8. The zero-order valence-corrected chi connectivity index (χ0v) is 16.7. The average molecular weight is 393 g/mol. The maximum Gasteiger partial charge on any atom is 0.329 e. The number of ether oxygens (including phenoxy) is 1. The summed E-state index contributed by atoms with van der Waals surface area (Å²) in [6, 6.07) is 8.66. The Hall–Kier alpha value is -2.51. The summed E-state index contributed by atoms with van der Waals surface area (Å²) in [5.74, 6) is 0.998. The Morgan fingerprint density at radius 3 is 2.69 bits per heavy atom. The van der Waals surface area contributed by atoms with Gasteiger partial charge in [-0.3, -0.25) is 9.55 Å². The molecule has 0 aliphatic carbocycles. The number of H-pyrrole nitrogens is 1. The Labute approximate surface area is 169 Å². The second-order valence-corrected chi connectivity index (χ2v) is 8.23. The second kappa shape index (κ2) is 7.72. The van der Waals surface area contributed by atoms with Gasteiger partial charge in [0.1, 0.15) is 0 Å². The van der Waals surface area contributed by atoms with E-state index in [1.807, 2.05) is 0 Å². The van der Waals surface area contributed by atoms with Crippen LogP contribution in [-0.4, -0.2) is 45.8 Å². The Morgan fingerprint density at radius 1 is 1.17 bits per heavy atom. The van der Waals surface area contributed by atoms with E-state index < -0.39 is 0 Å². The van der Waals surface area contributed by atoms with Gasteiger partial charge in [0.25, 0.3) is 0 Å². The normalized spacial score (nSPS) is 21.6. The van der Waals surface area contributed by atoms with E-state index in [0.717, 1.165) is 50.4 Å². The number of hydrogen-bond acceptors (Lipinski definition) is 5. The number of imidazole rings is 1. The SMILES string of the molecule is CC(C1CCOCC1)n1c(=O)[nH]c2ncc(-c3ccc(C4CCNC4)cc3)nc21. The molecule has 3 aromatic rings. The molecular weight excluding hydrogens is 366 g/mol. The molecule has 2 N–H and O–H groups in total. The fourth-order valence-corrected chi connectivity index (χ4v) is 4.68. The van der Waals surface area contributed by atoms with Gasteiger partial charge in [-0.2, -0.15) is 0 Å². The fourth-order valence-electron chi connectivity index (χ4n) is 4.68. The number of benzene rings is 1. The third-order valence-electron chi connectivity index (χ3n) is 6.52. The summed E-state index contributed by atoms with van der Waals surface area (Å²) in [4.78, 5) is 24.8. The van der Waals surface area contributed by atoms with Crippen molar-refractivity contribution in [3.05, 3.63) is 46.5 Å². The fraction of sp³-hybridized carbons (Fsp3) is 0.500. The predicted octanol–water partition coefficient (Wildman–Crippen LogP) is 2.85. The van der Waals surface area contributed by atoms with E-state index in [2.05, 4.69) is 46.5 Å². The highest BCUT2D eigenvalue weighted by molar-refractivity contribution is 5.71. The lowest BCUT2D eigenvalue weighted by Gasteiger charge is -2.28. The lowest BCUT2D eigenvalue weighted by atomic mass is 9.93. The predicted molar refractivity (Wildman–Crippen MR) is 112 cm³/mol. The van der Waals surface area contributed by atoms with E-state index in [-0.39, 0.29) is 11.7 Å². The van der Waals surface area contributed by atoms with Gasteiger partial charge >= 0.3 is 5.69 Å². The minimum Gasteiger partial charge on any atom is -0.381 e. The number of aromatic amines is 1. The van der Waals surface area contributed by atoms with E-state index in [9.17, 15) is 4.79 Å². The molecule has 2 saturated heterocycles. The van der Waals surface area contributed by atoms with Crippen LogP contribution in [0.15, 0.2) is 35.3 Å². The quantitative estimate of drug-likeness (QED) is 0.712. The van der Waals surface area contributed by atoms with Crippen LogP contribution in [-0.2, 0) is 4.74 Å². The van der Waals surface area contributed by atoms with Crippen molar-refractivity contribution in [3.63, 3.8) is 0 Å². The molecule has 2 fully saturated rings. The highest BCUT2D eigenvalue weighted by atomic mass is 16.5. The van der Waals surface area contributed by atoms with Crippen molar-refractivity contribution in [1.82, 2.24) is 24.8 Å². The van der Waals surface area contributed by atoms with Crippen LogP contribution in [0.1, 0.15) is 43.7 Å². The van der Waals surface area contributed by atoms with Gasteiger partial charge in [0.2, 0.25) is 0 Å². The molecule has 1 aromatic carbocycles. The molecule has 0 bridgehead atoms. The molecule has 2 aliphatic rings. The molecule has 5 rings (SSSR count). The first-order chi connectivity index (χ1) is 14.2. The summed E-state index contributed by atoms with van der Waals surface area (Å²) in [5.41, 5.74) is 4.22. The molecule has 7 heteroatoms. The molecule has 0 radical (unpaired) electrons. The molecule has 2 atom stereocenters. The Morgan fingerprint density at radius 2 is 1.97 bits per heavy atom. The number of hydrogen-bond donors (Lipinski definition) is 2. The van der Waals surface area contributed by atoms with Crippen molar-refractivity contribution in [2.45, 2.75) is 38.1 Å². The van der Waals surface area contributed by atoms with Crippen LogP contribution < -0.4 is 11.0 Å². The van der Waals surface area contributed by atoms with E-state index in [1.165, 1.54) is 12.0 Å². The Balaban J connectivity index is 1.48. The first-order valence-electron chi connectivity index (χ1n) is 10.6. The Kier molecular flexibility index (Phi) is 4.93. The van der Waals surface area contributed by atoms with Gasteiger partial charge in [0.15, 0.2) is 11.3 Å². The van der Waals surface area contributed by atoms with Gasteiger partial charge in [-0.25, -0.2) is 14.8 Å². The molecule has 0 amide bonds. The molecule has 152 valence electrons. The van der Waals surface area contributed by atoms with Crippen LogP contribution in [0, 0.1) is 5.92 Å². The average Bonchev–Trinajstić information content (AvgIpc) is 3.41. The molecule has 7 nitrogen and oxygen atoms in total. The molecule has 2 unspecified atom stereocenters. The van der Waals surface area contributed by atoms with Crippen LogP contribution in [0.4, 0.5) is 0 Å². The topological polar surface area (TPSA) is 84.8 Å². The second-order valence-electron chi connectivity index (χ2n) is 8.23. The third-order valence-corrected chi connectivity index (χ3v) is 6.52. The summed E-state index contributed by atoms with van der Waals surface area (Å²) in [7, 11) is 0. The number of nitrogens with one attached hydrogen (secondary N) is 2. The zero-order valence-electron chi connectivity index (χ0n) is 16.7. The van der Waals surface area contributed by atoms with Crippen molar-refractivity contribution >= 4 is 11.3 Å². The number of fused-ring (bicyclic) bond motifs is 1. The molecule has 0 saturated carbocycles. The van der Waals surface area contributed by atoms with Crippen molar-refractivity contribution in [1.29, 1.82) is 0 Å². The van der Waals surface area contributed by atoms with Crippen LogP contribution in [0.2, 0.25) is 0 Å². The number of aromatic nitrogens is 4. The lowest BCUT2D eigenvalue weighted by molar-refractivity contribution is 0.0514. The molecule has 2 aliphatic heterocycles. The van der Waals surface area contributed by atoms with Gasteiger partial charge in [-0.15, -0.1) is 0 Å². The highest BCUT2D eigenvalue weighted by Crippen LogP contribution is 2.29. The van der Waals surface area contributed by atoms with Crippen LogP contribution >= 0.6 is 0 Å². The van der Waals surface area contributed by atoms with E-state index in [0.29, 0.717) is 23.1 Å². The van der Waals surface area contributed by atoms with Crippen molar-refractivity contribution in [2.75, 3.05) is 26.3 Å². The molecule has 4 heterocycles. The summed E-state index contributed by atoms with van der Waals surface area (Å²) in [6.07, 6.45) is 4.86. The van der Waals surface area contributed by atoms with Crippen LogP contribution in [0.25, 0.3) is 22.6 Å². The first-order valence-corrected chi connectivity index (χ1v) is 10.6. The van der Waals surface area contributed by atoms with Gasteiger partial charge in [-0.05, 0) is 50.1 Å². The highest BCUT2D eigenvalue weighted by Gasteiger charge is 2.25. The summed E-state index contributed by atoms with van der Waals surface area (Å²) in [6.45, 7) is 5.75. The minimum atomic E-state index is -0.139. The molecule has 0 spiro atoms. The van der Waals surface area contributed by atoms with Gasteiger partial charge in [0, 0.05) is 31.4 Å². The largest absolute Gasteiger partial charge is 0.381 e. The number of nitrogens with zero attached hydrogens (tertiary/aromatic N) is 3. The third kappa shape index (κ3) is 3.49. The van der Waals surface area contributed by atoms with Crippen molar-refractivity contribution in [3.8, 4) is 11.3 Å². The van der Waals surface area contributed by atoms with E-state index in [4.69, 9.17) is 9.72 Å². The van der Waals surface area contributed by atoms with Crippen LogP contribution in [0.5, 0.6) is 0 Å². The van der Waals surface area contributed by atoms with Gasteiger partial charge in [0.05, 0.1) is 11.9 Å². The summed E-state index contributed by atoms with van der Waals surface area (Å²) in [5, 5.41) is 3.42. The maximum atomic E-state index is 12.7. The van der Waals surface area contributed by atoms with E-state index in [1.54, 1.807) is 10.8 Å². The van der Waals surface area contributed by atoms with Gasteiger partial charge < -0.3 is 10.1 Å². The summed E-state index contributed by atoms with van der Waals surface area (Å²) >= 11 is 0. The molecule has 2 aromatic heterocycles. The van der Waals surface area contributed by atoms with Crippen molar-refractivity contribution < 1.29 is 4.74 Å². The monoisotopic (exact) mass is 393 g/mol. The van der Waals surface area contributed by atoms with Crippen molar-refractivity contribution in [2.24, 2.45) is 5.92 Å². The number of rotatable bonds is 4. The molecular formula is C22H27N5O2. The maximum absolute atomic E-state index is 12.7. The lowest BCUT2D eigenvalue weighted by Crippen LogP contribution is -2.29. The van der Waals surface area contributed by atoms with E-state index >= 15 is 0 Å². The molecule has 29 heavy (non-hydrogen) atoms. The minimum absolute atomic E-state index is 0.0574. The standard InChI is InChI=1S/C22H27N5O2/c1-14(15-7-10-29-11-8-15)27-21-20(26-22(27)28)24-13-19(25-21)17-4-2-16(3-5-17)18-6-9-23-12-18/h2-5,13-15,18,23H,6-12H2,1H3,(H,24,26,28). The Bertz CT molecular complexity index is 1040.